The molecule has 35 heavy (non-hydrogen) atoms. The summed E-state index contributed by atoms with van der Waals surface area (Å²) in [4.78, 5) is 15.8. The monoisotopic (exact) mass is 503 g/mol. The number of rotatable bonds is 9. The second-order valence-electron chi connectivity index (χ2n) is 11.2. The van der Waals surface area contributed by atoms with E-state index >= 15 is 0 Å². The number of thiocarbonyl (C=S) groups is 1. The Labute approximate surface area is 217 Å². The van der Waals surface area contributed by atoms with Crippen molar-refractivity contribution in [3.05, 3.63) is 29.8 Å². The third-order valence-corrected chi connectivity index (χ3v) is 7.50. The van der Waals surface area contributed by atoms with Crippen molar-refractivity contribution < 1.29 is 14.3 Å². The second-order valence-corrected chi connectivity index (χ2v) is 11.6. The molecule has 0 spiro atoms. The lowest BCUT2D eigenvalue weighted by molar-refractivity contribution is 0.0514. The van der Waals surface area contributed by atoms with Gasteiger partial charge in [0.05, 0.1) is 18.1 Å². The van der Waals surface area contributed by atoms with Gasteiger partial charge in [-0.1, -0.05) is 56.5 Å². The average molecular weight is 504 g/mol. The molecular formula is C28H45N3O3S. The maximum absolute atomic E-state index is 12.5. The zero-order valence-corrected chi connectivity index (χ0v) is 22.9. The molecule has 7 heteroatoms. The molecule has 1 aliphatic heterocycles. The summed E-state index contributed by atoms with van der Waals surface area (Å²) in [5, 5.41) is 6.66. The maximum Gasteiger partial charge on any atom is 0.408 e. The summed E-state index contributed by atoms with van der Waals surface area (Å²) >= 11 is 5.83. The molecule has 1 atom stereocenters. The van der Waals surface area contributed by atoms with Crippen LogP contribution in [0.3, 0.4) is 0 Å². The predicted molar refractivity (Wildman–Crippen MR) is 146 cm³/mol. The second kappa shape index (κ2) is 13.4. The van der Waals surface area contributed by atoms with E-state index in [0.717, 1.165) is 62.0 Å². The Morgan fingerprint density at radius 2 is 1.74 bits per heavy atom. The quantitative estimate of drug-likeness (QED) is 0.414. The SMILES string of the molecule is COc1ccc(CN2CCC(NC(=S)[C@@H](CCC3CCCCC3)NC(=O)OC(C)(C)C)CC2)cc1. The minimum absolute atomic E-state index is 0.181. The summed E-state index contributed by atoms with van der Waals surface area (Å²) in [6.45, 7) is 8.67. The molecule has 2 N–H and O–H groups in total. The minimum Gasteiger partial charge on any atom is -0.497 e. The number of nitrogens with one attached hydrogen (secondary N) is 2. The maximum atomic E-state index is 12.5. The molecule has 1 amide bonds. The molecule has 0 aromatic heterocycles. The van der Waals surface area contributed by atoms with E-state index in [0.29, 0.717) is 6.04 Å². The number of amides is 1. The molecule has 1 heterocycles. The topological polar surface area (TPSA) is 62.8 Å². The third-order valence-electron chi connectivity index (χ3n) is 7.09. The van der Waals surface area contributed by atoms with E-state index in [1.165, 1.54) is 37.7 Å². The summed E-state index contributed by atoms with van der Waals surface area (Å²) in [6.07, 6.45) is 10.3. The molecule has 196 valence electrons. The van der Waals surface area contributed by atoms with Gasteiger partial charge in [-0.15, -0.1) is 0 Å². The number of carbonyl (C=O) groups is 1. The number of likely N-dealkylation sites (tertiary alicyclic amines) is 1. The summed E-state index contributed by atoms with van der Waals surface area (Å²) in [7, 11) is 1.70. The average Bonchev–Trinajstić information content (AvgIpc) is 2.83. The summed E-state index contributed by atoms with van der Waals surface area (Å²) < 4.78 is 10.8. The van der Waals surface area contributed by atoms with Crippen molar-refractivity contribution in [2.24, 2.45) is 5.92 Å². The first-order chi connectivity index (χ1) is 16.7. The molecule has 6 nitrogen and oxygen atoms in total. The van der Waals surface area contributed by atoms with Crippen LogP contribution < -0.4 is 15.4 Å². The number of benzene rings is 1. The first kappa shape index (κ1) is 27.7. The van der Waals surface area contributed by atoms with Crippen LogP contribution in [-0.4, -0.2) is 53.9 Å². The van der Waals surface area contributed by atoms with E-state index in [2.05, 4.69) is 27.7 Å². The van der Waals surface area contributed by atoms with Crippen LogP contribution in [-0.2, 0) is 11.3 Å². The van der Waals surface area contributed by atoms with Crippen LogP contribution in [0.1, 0.15) is 84.1 Å². The molecule has 1 saturated carbocycles. The van der Waals surface area contributed by atoms with Crippen LogP contribution in [0.25, 0.3) is 0 Å². The Bertz CT molecular complexity index is 795. The van der Waals surface area contributed by atoms with Gasteiger partial charge in [0, 0.05) is 25.7 Å². The number of ether oxygens (including phenoxy) is 2. The van der Waals surface area contributed by atoms with Crippen LogP contribution in [0.2, 0.25) is 0 Å². The van der Waals surface area contributed by atoms with Crippen LogP contribution in [0.5, 0.6) is 5.75 Å². The molecule has 3 rings (SSSR count). The largest absolute Gasteiger partial charge is 0.497 e. The fraction of sp³-hybridized carbons (Fsp3) is 0.714. The molecule has 0 bridgehead atoms. The highest BCUT2D eigenvalue weighted by Crippen LogP contribution is 2.28. The van der Waals surface area contributed by atoms with Crippen LogP contribution >= 0.6 is 12.2 Å². The molecular weight excluding hydrogens is 458 g/mol. The lowest BCUT2D eigenvalue weighted by Crippen LogP contribution is -2.52. The Morgan fingerprint density at radius 1 is 1.09 bits per heavy atom. The fourth-order valence-corrected chi connectivity index (χ4v) is 5.47. The molecule has 1 saturated heterocycles. The third kappa shape index (κ3) is 9.96. The number of alkyl carbamates (subject to hydrolysis) is 1. The Kier molecular flexibility index (Phi) is 10.7. The van der Waals surface area contributed by atoms with E-state index in [-0.39, 0.29) is 12.1 Å². The van der Waals surface area contributed by atoms with Gasteiger partial charge in [0.15, 0.2) is 0 Å². The van der Waals surface area contributed by atoms with Crippen molar-refractivity contribution >= 4 is 23.3 Å². The molecule has 1 aromatic rings. The number of methoxy groups -OCH3 is 1. The van der Waals surface area contributed by atoms with Gasteiger partial charge in [0.25, 0.3) is 0 Å². The van der Waals surface area contributed by atoms with Crippen LogP contribution in [0, 0.1) is 5.92 Å². The van der Waals surface area contributed by atoms with Crippen LogP contribution in [0.15, 0.2) is 24.3 Å². The van der Waals surface area contributed by atoms with Gasteiger partial charge in [-0.3, -0.25) is 4.90 Å². The van der Waals surface area contributed by atoms with Gasteiger partial charge in [-0.05, 0) is 70.1 Å². The smallest absolute Gasteiger partial charge is 0.408 e. The molecule has 2 aliphatic rings. The van der Waals surface area contributed by atoms with E-state index in [9.17, 15) is 4.79 Å². The Balaban J connectivity index is 1.49. The van der Waals surface area contributed by atoms with Crippen molar-refractivity contribution in [2.45, 2.75) is 103 Å². The van der Waals surface area contributed by atoms with Gasteiger partial charge >= 0.3 is 6.09 Å². The van der Waals surface area contributed by atoms with Gasteiger partial charge in [-0.2, -0.15) is 0 Å². The number of piperidine rings is 1. The minimum atomic E-state index is -0.524. The molecule has 1 aromatic carbocycles. The van der Waals surface area contributed by atoms with Crippen molar-refractivity contribution in [1.29, 1.82) is 0 Å². The Hall–Kier alpha value is -1.86. The van der Waals surface area contributed by atoms with Crippen molar-refractivity contribution in [3.63, 3.8) is 0 Å². The highest BCUT2D eigenvalue weighted by Gasteiger charge is 2.26. The molecule has 0 unspecified atom stereocenters. The lowest BCUT2D eigenvalue weighted by Gasteiger charge is -2.34. The zero-order valence-electron chi connectivity index (χ0n) is 22.1. The van der Waals surface area contributed by atoms with Crippen molar-refractivity contribution in [3.8, 4) is 5.75 Å². The first-order valence-electron chi connectivity index (χ1n) is 13.4. The fourth-order valence-electron chi connectivity index (χ4n) is 5.12. The van der Waals surface area contributed by atoms with Gasteiger partial charge in [-0.25, -0.2) is 4.79 Å². The zero-order chi connectivity index (χ0) is 25.3. The number of hydrogen-bond acceptors (Lipinski definition) is 5. The van der Waals surface area contributed by atoms with E-state index in [1.54, 1.807) is 7.11 Å². The highest BCUT2D eigenvalue weighted by atomic mass is 32.1. The number of hydrogen-bond donors (Lipinski definition) is 2. The van der Waals surface area contributed by atoms with E-state index in [1.807, 2.05) is 32.9 Å². The van der Waals surface area contributed by atoms with Gasteiger partial charge < -0.3 is 20.1 Å². The van der Waals surface area contributed by atoms with Gasteiger partial charge in [0.1, 0.15) is 11.4 Å². The predicted octanol–water partition coefficient (Wildman–Crippen LogP) is 5.83. The van der Waals surface area contributed by atoms with Crippen molar-refractivity contribution in [1.82, 2.24) is 15.5 Å². The summed E-state index contributed by atoms with van der Waals surface area (Å²) in [5.41, 5.74) is 0.779. The molecule has 1 aliphatic carbocycles. The van der Waals surface area contributed by atoms with Crippen LogP contribution in [0.4, 0.5) is 4.79 Å². The lowest BCUT2D eigenvalue weighted by atomic mass is 9.85. The molecule has 0 radical (unpaired) electrons. The normalized spacial score (nSPS) is 19.1. The molecule has 2 fully saturated rings. The van der Waals surface area contributed by atoms with Gasteiger partial charge in [0.2, 0.25) is 0 Å². The first-order valence-corrected chi connectivity index (χ1v) is 13.8. The standard InChI is InChI=1S/C28H45N3O3S/c1-28(2,3)34-27(32)30-25(15-12-21-8-6-5-7-9-21)26(35)29-23-16-18-31(19-17-23)20-22-10-13-24(33-4)14-11-22/h10-11,13-14,21,23,25H,5-9,12,15-20H2,1-4H3,(H,29,35)(H,30,32)/t25-/m1/s1. The van der Waals surface area contributed by atoms with E-state index in [4.69, 9.17) is 21.7 Å². The number of carbonyl (C=O) groups excluding carboxylic acids is 1. The Morgan fingerprint density at radius 3 is 2.34 bits per heavy atom. The number of nitrogens with zero attached hydrogens (tertiary/aromatic N) is 1. The highest BCUT2D eigenvalue weighted by molar-refractivity contribution is 7.80. The summed E-state index contributed by atoms with van der Waals surface area (Å²) in [6, 6.07) is 8.47. The van der Waals surface area contributed by atoms with E-state index < -0.39 is 5.60 Å². The van der Waals surface area contributed by atoms with Crippen molar-refractivity contribution in [2.75, 3.05) is 20.2 Å². The summed E-state index contributed by atoms with van der Waals surface area (Å²) in [5.74, 6) is 1.64.